The topological polar surface area (TPSA) is 142 Å². The van der Waals surface area contributed by atoms with Crippen LogP contribution in [0.2, 0.25) is 0 Å². The molecule has 0 aliphatic carbocycles. The molecular formula is C11H12N6O4. The normalized spacial score (nSPS) is 11.4. The van der Waals surface area contributed by atoms with Crippen molar-refractivity contribution in [2.24, 2.45) is 10.9 Å². The summed E-state index contributed by atoms with van der Waals surface area (Å²) in [4.78, 5) is 13.9. The Morgan fingerprint density at radius 2 is 2.38 bits per heavy atom. The highest BCUT2D eigenvalue weighted by Crippen LogP contribution is 2.25. The molecule has 0 atom stereocenters. The van der Waals surface area contributed by atoms with Crippen LogP contribution in [0, 0.1) is 10.1 Å². The van der Waals surface area contributed by atoms with Gasteiger partial charge < -0.3 is 15.7 Å². The van der Waals surface area contributed by atoms with Gasteiger partial charge in [-0.3, -0.25) is 14.8 Å². The fourth-order valence-electron chi connectivity index (χ4n) is 1.54. The van der Waals surface area contributed by atoms with Crippen LogP contribution in [0.15, 0.2) is 29.8 Å². The van der Waals surface area contributed by atoms with Crippen LogP contribution in [0.4, 0.5) is 5.69 Å². The summed E-state index contributed by atoms with van der Waals surface area (Å²) in [5.41, 5.74) is 5.20. The number of hydrogen-bond acceptors (Lipinski definition) is 7. The minimum absolute atomic E-state index is 0.0101. The average Bonchev–Trinajstić information content (AvgIpc) is 2.94. The van der Waals surface area contributed by atoms with Gasteiger partial charge in [-0.25, -0.2) is 4.98 Å². The van der Waals surface area contributed by atoms with E-state index in [0.717, 1.165) is 12.3 Å². The van der Waals surface area contributed by atoms with Crippen LogP contribution in [0.1, 0.15) is 12.5 Å². The summed E-state index contributed by atoms with van der Waals surface area (Å²) in [5, 5.41) is 26.3. The van der Waals surface area contributed by atoms with E-state index in [1.165, 1.54) is 6.20 Å². The zero-order valence-corrected chi connectivity index (χ0v) is 11.0. The van der Waals surface area contributed by atoms with Crippen LogP contribution >= 0.6 is 0 Å². The van der Waals surface area contributed by atoms with Gasteiger partial charge in [-0.05, 0) is 6.92 Å². The third kappa shape index (κ3) is 3.05. The summed E-state index contributed by atoms with van der Waals surface area (Å²) in [6.07, 6.45) is 4.11. The molecule has 0 saturated carbocycles. The number of aryl methyl sites for hydroxylation is 1. The van der Waals surface area contributed by atoms with Crippen molar-refractivity contribution in [1.29, 1.82) is 0 Å². The van der Waals surface area contributed by atoms with Gasteiger partial charge in [0.2, 0.25) is 5.88 Å². The summed E-state index contributed by atoms with van der Waals surface area (Å²) >= 11 is 0. The van der Waals surface area contributed by atoms with Gasteiger partial charge in [0.15, 0.2) is 11.6 Å². The maximum atomic E-state index is 10.7. The number of nitro groups is 1. The van der Waals surface area contributed by atoms with E-state index >= 15 is 0 Å². The monoisotopic (exact) mass is 292 g/mol. The molecule has 0 amide bonds. The van der Waals surface area contributed by atoms with Gasteiger partial charge in [0.1, 0.15) is 6.20 Å². The number of hydrogen-bond donors (Lipinski definition) is 2. The van der Waals surface area contributed by atoms with E-state index in [1.54, 1.807) is 10.9 Å². The van der Waals surface area contributed by atoms with E-state index < -0.39 is 4.92 Å². The smallest absolute Gasteiger partial charge is 0.288 e. The standard InChI is InChI=1S/C11H12N6O4/c1-2-16-6-8(5-14-16)21-11-9(10(12)15-18)3-7(4-13-11)17(19)20/h3-6,18H,2H2,1H3,(H2,12,15). The molecule has 2 aromatic heterocycles. The number of aromatic nitrogens is 3. The number of nitrogens with two attached hydrogens (primary N) is 1. The van der Waals surface area contributed by atoms with Crippen LogP contribution in [0.25, 0.3) is 0 Å². The zero-order valence-electron chi connectivity index (χ0n) is 11.0. The van der Waals surface area contributed by atoms with Gasteiger partial charge in [-0.2, -0.15) is 5.10 Å². The molecule has 0 aliphatic heterocycles. The van der Waals surface area contributed by atoms with Crippen molar-refractivity contribution in [2.45, 2.75) is 13.5 Å². The molecule has 0 bridgehead atoms. The van der Waals surface area contributed by atoms with Crippen LogP contribution in [0.3, 0.4) is 0 Å². The molecule has 0 spiro atoms. The Morgan fingerprint density at radius 3 is 2.95 bits per heavy atom. The molecule has 21 heavy (non-hydrogen) atoms. The zero-order chi connectivity index (χ0) is 15.4. The highest BCUT2D eigenvalue weighted by molar-refractivity contribution is 5.99. The van der Waals surface area contributed by atoms with Gasteiger partial charge in [0.25, 0.3) is 5.69 Å². The molecule has 0 aromatic carbocycles. The van der Waals surface area contributed by atoms with Gasteiger partial charge in [-0.1, -0.05) is 5.16 Å². The fraction of sp³-hybridized carbons (Fsp3) is 0.182. The van der Waals surface area contributed by atoms with Crippen molar-refractivity contribution in [1.82, 2.24) is 14.8 Å². The van der Waals surface area contributed by atoms with E-state index in [0.29, 0.717) is 12.3 Å². The van der Waals surface area contributed by atoms with Crippen LogP contribution in [-0.2, 0) is 6.54 Å². The minimum atomic E-state index is -0.639. The van der Waals surface area contributed by atoms with Gasteiger partial charge in [0.05, 0.1) is 22.9 Å². The summed E-state index contributed by atoms with van der Waals surface area (Å²) in [6, 6.07) is 1.11. The van der Waals surface area contributed by atoms with Gasteiger partial charge in [0, 0.05) is 12.6 Å². The molecule has 0 radical (unpaired) electrons. The van der Waals surface area contributed by atoms with Crippen molar-refractivity contribution in [3.63, 3.8) is 0 Å². The SMILES string of the molecule is CCn1cc(Oc2ncc([N+](=O)[O-])cc2/C(N)=N/O)cn1. The maximum Gasteiger partial charge on any atom is 0.288 e. The summed E-state index contributed by atoms with van der Waals surface area (Å²) in [5.74, 6) is 0.0147. The molecule has 110 valence electrons. The lowest BCUT2D eigenvalue weighted by Gasteiger charge is -2.07. The Bertz CT molecular complexity index is 696. The van der Waals surface area contributed by atoms with E-state index in [-0.39, 0.29) is 23.0 Å². The highest BCUT2D eigenvalue weighted by atomic mass is 16.6. The largest absolute Gasteiger partial charge is 0.435 e. The highest BCUT2D eigenvalue weighted by Gasteiger charge is 2.17. The Balaban J connectivity index is 2.40. The molecule has 3 N–H and O–H groups in total. The molecule has 2 rings (SSSR count). The maximum absolute atomic E-state index is 10.7. The molecule has 2 heterocycles. The van der Waals surface area contributed by atoms with E-state index in [4.69, 9.17) is 15.7 Å². The quantitative estimate of drug-likeness (QED) is 0.276. The van der Waals surface area contributed by atoms with E-state index in [9.17, 15) is 10.1 Å². The lowest BCUT2D eigenvalue weighted by molar-refractivity contribution is -0.385. The Morgan fingerprint density at radius 1 is 1.62 bits per heavy atom. The number of nitrogens with zero attached hydrogens (tertiary/aromatic N) is 5. The molecule has 0 unspecified atom stereocenters. The molecule has 10 heteroatoms. The number of pyridine rings is 1. The Labute approximate surface area is 118 Å². The van der Waals surface area contributed by atoms with Crippen molar-refractivity contribution in [3.05, 3.63) is 40.3 Å². The Hall–Kier alpha value is -3.17. The molecule has 0 saturated heterocycles. The number of rotatable bonds is 5. The third-order valence-corrected chi connectivity index (χ3v) is 2.58. The second kappa shape index (κ2) is 5.86. The van der Waals surface area contributed by atoms with Crippen molar-refractivity contribution in [2.75, 3.05) is 0 Å². The molecule has 0 aliphatic rings. The molecule has 10 nitrogen and oxygen atoms in total. The summed E-state index contributed by atoms with van der Waals surface area (Å²) in [7, 11) is 0. The number of oxime groups is 1. The first-order chi connectivity index (χ1) is 10.0. The first kappa shape index (κ1) is 14.2. The van der Waals surface area contributed by atoms with Gasteiger partial charge >= 0.3 is 0 Å². The van der Waals surface area contributed by atoms with Crippen LogP contribution in [0.5, 0.6) is 11.6 Å². The lowest BCUT2D eigenvalue weighted by atomic mass is 10.2. The van der Waals surface area contributed by atoms with Crippen molar-refractivity contribution < 1.29 is 14.9 Å². The van der Waals surface area contributed by atoms with Crippen LogP contribution in [-0.4, -0.2) is 30.7 Å². The van der Waals surface area contributed by atoms with E-state index in [2.05, 4.69) is 15.2 Å². The van der Waals surface area contributed by atoms with Crippen molar-refractivity contribution >= 4 is 11.5 Å². The third-order valence-electron chi connectivity index (χ3n) is 2.58. The van der Waals surface area contributed by atoms with Gasteiger partial charge in [-0.15, -0.1) is 0 Å². The predicted molar refractivity (Wildman–Crippen MR) is 71.4 cm³/mol. The second-order valence-corrected chi connectivity index (χ2v) is 3.92. The second-order valence-electron chi connectivity index (χ2n) is 3.92. The lowest BCUT2D eigenvalue weighted by Crippen LogP contribution is -2.15. The number of amidine groups is 1. The first-order valence-electron chi connectivity index (χ1n) is 5.87. The summed E-state index contributed by atoms with van der Waals surface area (Å²) in [6.45, 7) is 2.56. The predicted octanol–water partition coefficient (Wildman–Crippen LogP) is 1.09. The molecular weight excluding hydrogens is 280 g/mol. The molecule has 0 fully saturated rings. The minimum Gasteiger partial charge on any atom is -0.435 e. The molecule has 2 aromatic rings. The van der Waals surface area contributed by atoms with E-state index in [1.807, 2.05) is 6.92 Å². The first-order valence-corrected chi connectivity index (χ1v) is 5.87. The average molecular weight is 292 g/mol. The summed E-state index contributed by atoms with van der Waals surface area (Å²) < 4.78 is 7.09. The fourth-order valence-corrected chi connectivity index (χ4v) is 1.54. The number of ether oxygens (including phenoxy) is 1. The Kier molecular flexibility index (Phi) is 3.97. The van der Waals surface area contributed by atoms with Crippen molar-refractivity contribution in [3.8, 4) is 11.6 Å². The van der Waals surface area contributed by atoms with Crippen LogP contribution < -0.4 is 10.5 Å².